The van der Waals surface area contributed by atoms with Crippen LogP contribution >= 0.6 is 0 Å². The molecule has 0 aliphatic carbocycles. The summed E-state index contributed by atoms with van der Waals surface area (Å²) in [6.07, 6.45) is 0. The van der Waals surface area contributed by atoms with Crippen LogP contribution in [0, 0.1) is 6.92 Å². The number of amides is 2. The van der Waals surface area contributed by atoms with Crippen LogP contribution in [-0.2, 0) is 4.79 Å². The first-order valence-corrected chi connectivity index (χ1v) is 6.75. The lowest BCUT2D eigenvalue weighted by Crippen LogP contribution is -2.49. The van der Waals surface area contributed by atoms with Gasteiger partial charge in [-0.1, -0.05) is 6.07 Å². The van der Waals surface area contributed by atoms with Gasteiger partial charge in [0.1, 0.15) is 5.69 Å². The first-order valence-electron chi connectivity index (χ1n) is 6.75. The summed E-state index contributed by atoms with van der Waals surface area (Å²) in [5, 5.41) is 3.19. The van der Waals surface area contributed by atoms with Crippen LogP contribution in [0.25, 0.3) is 0 Å². The predicted molar refractivity (Wildman–Crippen MR) is 75.4 cm³/mol. The summed E-state index contributed by atoms with van der Waals surface area (Å²) in [7, 11) is 1.63. The van der Waals surface area contributed by atoms with Crippen LogP contribution in [0.4, 0.5) is 0 Å². The van der Waals surface area contributed by atoms with Gasteiger partial charge < -0.3 is 15.1 Å². The predicted octanol–water partition coefficient (Wildman–Crippen LogP) is -0.106. The largest absolute Gasteiger partial charge is 0.339 e. The van der Waals surface area contributed by atoms with E-state index in [1.165, 1.54) is 4.90 Å². The number of rotatable bonds is 3. The number of nitrogens with zero attached hydrogens (tertiary/aromatic N) is 3. The highest BCUT2D eigenvalue weighted by atomic mass is 16.2. The molecule has 0 unspecified atom stereocenters. The highest BCUT2D eigenvalue weighted by molar-refractivity contribution is 5.94. The molecule has 1 aliphatic heterocycles. The smallest absolute Gasteiger partial charge is 0.272 e. The highest BCUT2D eigenvalue weighted by Gasteiger charge is 2.21. The molecule has 1 saturated heterocycles. The summed E-state index contributed by atoms with van der Waals surface area (Å²) in [5.41, 5.74) is 1.17. The average Bonchev–Trinajstić information content (AvgIpc) is 2.47. The molecule has 0 saturated carbocycles. The molecule has 20 heavy (non-hydrogen) atoms. The van der Waals surface area contributed by atoms with Gasteiger partial charge in [0, 0.05) is 38.9 Å². The number of aryl methyl sites for hydroxylation is 1. The number of hydrogen-bond donors (Lipinski definition) is 1. The van der Waals surface area contributed by atoms with Crippen LogP contribution in [0.2, 0.25) is 0 Å². The second-order valence-corrected chi connectivity index (χ2v) is 4.96. The summed E-state index contributed by atoms with van der Waals surface area (Å²) in [6, 6.07) is 5.30. The zero-order valence-corrected chi connectivity index (χ0v) is 11.9. The molecule has 1 N–H and O–H groups in total. The van der Waals surface area contributed by atoms with Crippen molar-refractivity contribution >= 4 is 11.8 Å². The lowest BCUT2D eigenvalue weighted by atomic mass is 10.3. The van der Waals surface area contributed by atoms with Crippen molar-refractivity contribution in [1.82, 2.24) is 20.1 Å². The Hall–Kier alpha value is -1.95. The third kappa shape index (κ3) is 3.54. The van der Waals surface area contributed by atoms with Crippen molar-refractivity contribution in [2.24, 2.45) is 0 Å². The zero-order valence-electron chi connectivity index (χ0n) is 11.9. The topological polar surface area (TPSA) is 65.5 Å². The van der Waals surface area contributed by atoms with E-state index >= 15 is 0 Å². The maximum Gasteiger partial charge on any atom is 0.272 e. The van der Waals surface area contributed by atoms with E-state index < -0.39 is 0 Å². The number of likely N-dealkylation sites (N-methyl/N-ethyl adjacent to an activating group) is 1. The Balaban J connectivity index is 1.95. The zero-order chi connectivity index (χ0) is 14.5. The van der Waals surface area contributed by atoms with Gasteiger partial charge in [0.2, 0.25) is 5.91 Å². The number of aromatic nitrogens is 1. The maximum atomic E-state index is 12.2. The van der Waals surface area contributed by atoms with Crippen molar-refractivity contribution in [2.45, 2.75) is 6.92 Å². The number of piperazine rings is 1. The fourth-order valence-electron chi connectivity index (χ4n) is 2.15. The van der Waals surface area contributed by atoms with Gasteiger partial charge in [-0.15, -0.1) is 0 Å². The van der Waals surface area contributed by atoms with Crippen LogP contribution in [-0.4, -0.2) is 66.4 Å². The molecular formula is C14H20N4O2. The van der Waals surface area contributed by atoms with Crippen LogP contribution in [0.5, 0.6) is 0 Å². The van der Waals surface area contributed by atoms with E-state index in [2.05, 4.69) is 10.3 Å². The third-order valence-corrected chi connectivity index (χ3v) is 3.30. The van der Waals surface area contributed by atoms with Crippen molar-refractivity contribution in [3.05, 3.63) is 29.6 Å². The van der Waals surface area contributed by atoms with Gasteiger partial charge in [-0.3, -0.25) is 9.59 Å². The molecule has 2 heterocycles. The molecule has 6 heteroatoms. The van der Waals surface area contributed by atoms with E-state index in [0.717, 1.165) is 18.8 Å². The van der Waals surface area contributed by atoms with Gasteiger partial charge in [-0.2, -0.15) is 0 Å². The average molecular weight is 276 g/mol. The quantitative estimate of drug-likeness (QED) is 0.837. The summed E-state index contributed by atoms with van der Waals surface area (Å²) >= 11 is 0. The highest BCUT2D eigenvalue weighted by Crippen LogP contribution is 2.03. The summed E-state index contributed by atoms with van der Waals surface area (Å²) in [5.74, 6) is -0.243. The monoisotopic (exact) mass is 276 g/mol. The molecule has 108 valence electrons. The van der Waals surface area contributed by atoms with Crippen molar-refractivity contribution in [3.8, 4) is 0 Å². The molecule has 1 aromatic rings. The Bertz CT molecular complexity index is 498. The van der Waals surface area contributed by atoms with Gasteiger partial charge >= 0.3 is 0 Å². The minimum Gasteiger partial charge on any atom is -0.339 e. The molecule has 0 aromatic carbocycles. The van der Waals surface area contributed by atoms with Crippen molar-refractivity contribution in [2.75, 3.05) is 39.8 Å². The molecule has 0 radical (unpaired) electrons. The molecule has 1 fully saturated rings. The molecule has 1 aromatic heterocycles. The SMILES string of the molecule is Cc1cccc(C(=O)N(C)CC(=O)N2CCNCC2)n1. The van der Waals surface area contributed by atoms with Gasteiger partial charge in [0.15, 0.2) is 0 Å². The molecular weight excluding hydrogens is 256 g/mol. The minimum atomic E-state index is -0.225. The first-order chi connectivity index (χ1) is 9.58. The van der Waals surface area contributed by atoms with Gasteiger partial charge in [-0.25, -0.2) is 4.98 Å². The van der Waals surface area contributed by atoms with E-state index in [1.54, 1.807) is 24.1 Å². The second-order valence-electron chi connectivity index (χ2n) is 4.96. The van der Waals surface area contributed by atoms with E-state index in [-0.39, 0.29) is 18.4 Å². The van der Waals surface area contributed by atoms with E-state index in [1.807, 2.05) is 13.0 Å². The third-order valence-electron chi connectivity index (χ3n) is 3.30. The minimum absolute atomic E-state index is 0.0185. The number of carbonyl (C=O) groups excluding carboxylic acids is 2. The van der Waals surface area contributed by atoms with Crippen LogP contribution in [0.1, 0.15) is 16.2 Å². The van der Waals surface area contributed by atoms with Crippen LogP contribution < -0.4 is 5.32 Å². The van der Waals surface area contributed by atoms with E-state index in [9.17, 15) is 9.59 Å². The number of hydrogen-bond acceptors (Lipinski definition) is 4. The lowest BCUT2D eigenvalue weighted by Gasteiger charge is -2.29. The summed E-state index contributed by atoms with van der Waals surface area (Å²) in [6.45, 7) is 4.94. The summed E-state index contributed by atoms with van der Waals surface area (Å²) < 4.78 is 0. The fraction of sp³-hybridized carbons (Fsp3) is 0.500. The molecule has 6 nitrogen and oxygen atoms in total. The second kappa shape index (κ2) is 6.47. The standard InChI is InChI=1S/C14H20N4O2/c1-11-4-3-5-12(16-11)14(20)17(2)10-13(19)18-8-6-15-7-9-18/h3-5,15H,6-10H2,1-2H3. The molecule has 1 aliphatic rings. The van der Waals surface area contributed by atoms with Crippen molar-refractivity contribution in [1.29, 1.82) is 0 Å². The maximum absolute atomic E-state index is 12.2. The normalized spacial score (nSPS) is 15.0. The molecule has 2 rings (SSSR count). The van der Waals surface area contributed by atoms with E-state index in [4.69, 9.17) is 0 Å². The Labute approximate surface area is 118 Å². The molecule has 0 bridgehead atoms. The van der Waals surface area contributed by atoms with E-state index in [0.29, 0.717) is 18.8 Å². The van der Waals surface area contributed by atoms with Gasteiger partial charge in [-0.05, 0) is 19.1 Å². The first kappa shape index (κ1) is 14.5. The Morgan fingerprint density at radius 1 is 1.35 bits per heavy atom. The van der Waals surface area contributed by atoms with Gasteiger partial charge in [0.05, 0.1) is 6.54 Å². The Kier molecular flexibility index (Phi) is 4.68. The molecule has 0 atom stereocenters. The van der Waals surface area contributed by atoms with Crippen molar-refractivity contribution < 1.29 is 9.59 Å². The van der Waals surface area contributed by atoms with Gasteiger partial charge in [0.25, 0.3) is 5.91 Å². The Morgan fingerprint density at radius 3 is 2.70 bits per heavy atom. The van der Waals surface area contributed by atoms with Crippen LogP contribution in [0.3, 0.4) is 0 Å². The number of pyridine rings is 1. The van der Waals surface area contributed by atoms with Crippen molar-refractivity contribution in [3.63, 3.8) is 0 Å². The molecule has 0 spiro atoms. The number of nitrogens with one attached hydrogen (secondary N) is 1. The fourth-order valence-corrected chi connectivity index (χ4v) is 2.15. The molecule has 2 amide bonds. The lowest BCUT2D eigenvalue weighted by molar-refractivity contribution is -0.132. The Morgan fingerprint density at radius 2 is 2.05 bits per heavy atom. The van der Waals surface area contributed by atoms with Crippen LogP contribution in [0.15, 0.2) is 18.2 Å². The summed E-state index contributed by atoms with van der Waals surface area (Å²) in [4.78, 5) is 31.7. The number of carbonyl (C=O) groups is 2.